The van der Waals surface area contributed by atoms with Gasteiger partial charge >= 0.3 is 5.97 Å². The Morgan fingerprint density at radius 1 is 1.32 bits per heavy atom. The molecule has 1 fully saturated rings. The molecule has 0 spiro atoms. The third-order valence-electron chi connectivity index (χ3n) is 4.31. The Morgan fingerprint density at radius 3 is 2.50 bits per heavy atom. The van der Waals surface area contributed by atoms with Crippen LogP contribution in [0, 0.1) is 6.92 Å². The number of aromatic nitrogens is 2. The minimum Gasteiger partial charge on any atom is -0.449 e. The summed E-state index contributed by atoms with van der Waals surface area (Å²) in [6, 6.07) is 0.205. The van der Waals surface area contributed by atoms with E-state index < -0.39 is 12.1 Å². The van der Waals surface area contributed by atoms with Crippen molar-refractivity contribution in [2.45, 2.75) is 64.5 Å². The van der Waals surface area contributed by atoms with Crippen molar-refractivity contribution in [1.82, 2.24) is 15.1 Å². The van der Waals surface area contributed by atoms with E-state index in [2.05, 4.69) is 10.4 Å². The molecule has 22 heavy (non-hydrogen) atoms. The van der Waals surface area contributed by atoms with E-state index in [0.29, 0.717) is 5.56 Å². The van der Waals surface area contributed by atoms with Crippen LogP contribution >= 0.6 is 0 Å². The number of rotatable bonds is 4. The van der Waals surface area contributed by atoms with Crippen LogP contribution in [0.25, 0.3) is 0 Å². The van der Waals surface area contributed by atoms with Gasteiger partial charge in [-0.3, -0.25) is 9.48 Å². The van der Waals surface area contributed by atoms with E-state index in [-0.39, 0.29) is 11.9 Å². The summed E-state index contributed by atoms with van der Waals surface area (Å²) in [7, 11) is 1.76. The summed E-state index contributed by atoms with van der Waals surface area (Å²) in [5, 5.41) is 7.01. The highest BCUT2D eigenvalue weighted by atomic mass is 16.5. The number of aryl methyl sites for hydroxylation is 1. The molecule has 0 radical (unpaired) electrons. The molecule has 6 heteroatoms. The second-order valence-corrected chi connectivity index (χ2v) is 6.01. The molecule has 1 atom stereocenters. The van der Waals surface area contributed by atoms with E-state index >= 15 is 0 Å². The fraction of sp³-hybridized carbons (Fsp3) is 0.688. The van der Waals surface area contributed by atoms with Crippen molar-refractivity contribution >= 4 is 11.9 Å². The minimum atomic E-state index is -0.796. The average molecular weight is 307 g/mol. The van der Waals surface area contributed by atoms with E-state index in [9.17, 15) is 9.59 Å². The first-order valence-corrected chi connectivity index (χ1v) is 7.99. The smallest absolute Gasteiger partial charge is 0.342 e. The van der Waals surface area contributed by atoms with Gasteiger partial charge in [0.25, 0.3) is 5.91 Å². The summed E-state index contributed by atoms with van der Waals surface area (Å²) in [6.45, 7) is 3.40. The number of nitrogens with zero attached hydrogens (tertiary/aromatic N) is 2. The van der Waals surface area contributed by atoms with Crippen molar-refractivity contribution in [3.63, 3.8) is 0 Å². The summed E-state index contributed by atoms with van der Waals surface area (Å²) in [6.07, 6.45) is 7.45. The molecule has 122 valence electrons. The van der Waals surface area contributed by atoms with Crippen LogP contribution in [-0.2, 0) is 16.6 Å². The van der Waals surface area contributed by atoms with E-state index in [0.717, 1.165) is 31.4 Å². The molecule has 0 aliphatic heterocycles. The number of hydrogen-bond donors (Lipinski definition) is 1. The quantitative estimate of drug-likeness (QED) is 0.683. The molecule has 0 saturated heterocycles. The van der Waals surface area contributed by atoms with Gasteiger partial charge in [0.15, 0.2) is 6.10 Å². The molecule has 1 aromatic heterocycles. The van der Waals surface area contributed by atoms with Gasteiger partial charge in [0.05, 0.1) is 6.20 Å². The largest absolute Gasteiger partial charge is 0.449 e. The third kappa shape index (κ3) is 4.08. The fourth-order valence-electron chi connectivity index (χ4n) is 2.72. The lowest BCUT2D eigenvalue weighted by Crippen LogP contribution is -2.41. The molecule has 1 aliphatic carbocycles. The molecule has 6 nitrogen and oxygen atoms in total. The zero-order valence-electron chi connectivity index (χ0n) is 13.6. The van der Waals surface area contributed by atoms with Crippen molar-refractivity contribution in [1.29, 1.82) is 0 Å². The maximum Gasteiger partial charge on any atom is 0.342 e. The lowest BCUT2D eigenvalue weighted by atomic mass is 10.1. The van der Waals surface area contributed by atoms with Gasteiger partial charge in [-0.25, -0.2) is 4.79 Å². The Kier molecular flexibility index (Phi) is 5.57. The lowest BCUT2D eigenvalue weighted by molar-refractivity contribution is -0.129. The van der Waals surface area contributed by atoms with Crippen LogP contribution < -0.4 is 5.32 Å². The Balaban J connectivity index is 1.87. The summed E-state index contributed by atoms with van der Waals surface area (Å²) in [4.78, 5) is 24.3. The minimum absolute atomic E-state index is 0.205. The number of ether oxygens (including phenoxy) is 1. The van der Waals surface area contributed by atoms with Crippen molar-refractivity contribution in [3.05, 3.63) is 17.5 Å². The van der Waals surface area contributed by atoms with Crippen molar-refractivity contribution in [2.75, 3.05) is 0 Å². The third-order valence-corrected chi connectivity index (χ3v) is 4.31. The zero-order chi connectivity index (χ0) is 16.1. The summed E-state index contributed by atoms with van der Waals surface area (Å²) in [5.74, 6) is -0.726. The predicted octanol–water partition coefficient (Wildman–Crippen LogP) is 2.11. The topological polar surface area (TPSA) is 73.2 Å². The monoisotopic (exact) mass is 307 g/mol. The van der Waals surface area contributed by atoms with Crippen LogP contribution in [0.15, 0.2) is 6.20 Å². The molecule has 1 aromatic rings. The van der Waals surface area contributed by atoms with Gasteiger partial charge in [0.1, 0.15) is 5.56 Å². The molecule has 1 N–H and O–H groups in total. The highest BCUT2D eigenvalue weighted by Gasteiger charge is 2.23. The highest BCUT2D eigenvalue weighted by Crippen LogP contribution is 2.17. The first-order valence-electron chi connectivity index (χ1n) is 7.99. The fourth-order valence-corrected chi connectivity index (χ4v) is 2.72. The number of nitrogens with one attached hydrogen (secondary N) is 1. The van der Waals surface area contributed by atoms with Gasteiger partial charge in [-0.1, -0.05) is 25.7 Å². The maximum absolute atomic E-state index is 12.2. The van der Waals surface area contributed by atoms with Crippen LogP contribution in [0.5, 0.6) is 0 Å². The predicted molar refractivity (Wildman–Crippen MR) is 82.5 cm³/mol. The molecule has 1 heterocycles. The van der Waals surface area contributed by atoms with Crippen LogP contribution in [0.1, 0.15) is 61.5 Å². The molecule has 0 unspecified atom stereocenters. The molecule has 1 amide bonds. The second kappa shape index (κ2) is 7.42. The van der Waals surface area contributed by atoms with E-state index in [1.165, 1.54) is 19.0 Å². The normalized spacial score (nSPS) is 17.6. The Labute approximate surface area is 131 Å². The standard InChI is InChI=1S/C16H25N3O3/c1-11-14(10-17-19(11)3)16(21)22-12(2)15(20)18-13-8-6-4-5-7-9-13/h10,12-13H,4-9H2,1-3H3,(H,18,20)/t12-/m0/s1. The number of hydrogen-bond acceptors (Lipinski definition) is 4. The van der Waals surface area contributed by atoms with Gasteiger partial charge in [-0.05, 0) is 26.7 Å². The van der Waals surface area contributed by atoms with Crippen LogP contribution in [0.3, 0.4) is 0 Å². The molecule has 1 saturated carbocycles. The van der Waals surface area contributed by atoms with Crippen LogP contribution in [0.4, 0.5) is 0 Å². The first-order chi connectivity index (χ1) is 10.5. The van der Waals surface area contributed by atoms with Crippen LogP contribution in [-0.4, -0.2) is 33.8 Å². The Hall–Kier alpha value is -1.85. The second-order valence-electron chi connectivity index (χ2n) is 6.01. The van der Waals surface area contributed by atoms with E-state index in [1.54, 1.807) is 25.6 Å². The van der Waals surface area contributed by atoms with Crippen molar-refractivity contribution in [3.8, 4) is 0 Å². The summed E-state index contributed by atoms with van der Waals surface area (Å²) < 4.78 is 6.86. The van der Waals surface area contributed by atoms with Crippen molar-refractivity contribution < 1.29 is 14.3 Å². The van der Waals surface area contributed by atoms with Gasteiger partial charge in [-0.15, -0.1) is 0 Å². The molecular formula is C16H25N3O3. The highest BCUT2D eigenvalue weighted by molar-refractivity contribution is 5.92. The SMILES string of the molecule is Cc1c(C(=O)O[C@@H](C)C(=O)NC2CCCCCC2)cnn1C. The van der Waals surface area contributed by atoms with Gasteiger partial charge < -0.3 is 10.1 Å². The lowest BCUT2D eigenvalue weighted by Gasteiger charge is -2.19. The number of carbonyl (C=O) groups excluding carboxylic acids is 2. The van der Waals surface area contributed by atoms with Crippen molar-refractivity contribution in [2.24, 2.45) is 7.05 Å². The van der Waals surface area contributed by atoms with E-state index in [4.69, 9.17) is 4.74 Å². The molecule has 2 rings (SSSR count). The molecule has 1 aliphatic rings. The molecular weight excluding hydrogens is 282 g/mol. The first kappa shape index (κ1) is 16.5. The van der Waals surface area contributed by atoms with Gasteiger partial charge in [0, 0.05) is 18.8 Å². The number of esters is 1. The number of carbonyl (C=O) groups is 2. The van der Waals surface area contributed by atoms with Gasteiger partial charge in [-0.2, -0.15) is 5.10 Å². The zero-order valence-corrected chi connectivity index (χ0v) is 13.6. The van der Waals surface area contributed by atoms with E-state index in [1.807, 2.05) is 0 Å². The number of amides is 1. The molecule has 0 bridgehead atoms. The van der Waals surface area contributed by atoms with Gasteiger partial charge in [0.2, 0.25) is 0 Å². The molecule has 0 aromatic carbocycles. The maximum atomic E-state index is 12.2. The average Bonchev–Trinajstić information content (AvgIpc) is 2.69. The Bertz CT molecular complexity index is 531. The summed E-state index contributed by atoms with van der Waals surface area (Å²) >= 11 is 0. The van der Waals surface area contributed by atoms with Crippen LogP contribution in [0.2, 0.25) is 0 Å². The Morgan fingerprint density at radius 2 is 1.95 bits per heavy atom. The summed E-state index contributed by atoms with van der Waals surface area (Å²) in [5.41, 5.74) is 1.12.